The van der Waals surface area contributed by atoms with Gasteiger partial charge in [-0.15, -0.1) is 0 Å². The molecular weight excluding hydrogens is 272 g/mol. The van der Waals surface area contributed by atoms with E-state index < -0.39 is 0 Å². The third kappa shape index (κ3) is 2.98. The fraction of sp³-hybridized carbons (Fsp3) is 0.333. The standard InChI is InChI=1S/C12H13ClN2O2S/c13-10-5-8(12(14)18)1-2-9(10)6-15-3-4-17-7-11(15)16/h1-2,5H,3-4,6-7H2,(H2,14,18). The Hall–Kier alpha value is -1.17. The van der Waals surface area contributed by atoms with Crippen molar-refractivity contribution in [3.8, 4) is 0 Å². The average Bonchev–Trinajstić information content (AvgIpc) is 2.34. The van der Waals surface area contributed by atoms with Crippen LogP contribution in [0.1, 0.15) is 11.1 Å². The van der Waals surface area contributed by atoms with Crippen molar-refractivity contribution in [2.75, 3.05) is 19.8 Å². The van der Waals surface area contributed by atoms with Gasteiger partial charge in [-0.05, 0) is 11.6 Å². The van der Waals surface area contributed by atoms with Crippen LogP contribution in [0.25, 0.3) is 0 Å². The summed E-state index contributed by atoms with van der Waals surface area (Å²) < 4.78 is 5.07. The average molecular weight is 285 g/mol. The highest BCUT2D eigenvalue weighted by molar-refractivity contribution is 7.80. The van der Waals surface area contributed by atoms with Crippen LogP contribution in [-0.4, -0.2) is 35.6 Å². The number of nitrogens with two attached hydrogens (primary N) is 1. The van der Waals surface area contributed by atoms with Crippen molar-refractivity contribution >= 4 is 34.7 Å². The lowest BCUT2D eigenvalue weighted by Crippen LogP contribution is -2.40. The zero-order valence-corrected chi connectivity index (χ0v) is 11.3. The minimum absolute atomic E-state index is 0.0178. The molecule has 1 fully saturated rings. The van der Waals surface area contributed by atoms with Gasteiger partial charge in [0.25, 0.3) is 0 Å². The molecule has 1 aromatic rings. The van der Waals surface area contributed by atoms with E-state index in [1.54, 1.807) is 11.0 Å². The number of carbonyl (C=O) groups is 1. The first-order valence-electron chi connectivity index (χ1n) is 5.51. The van der Waals surface area contributed by atoms with E-state index in [9.17, 15) is 4.79 Å². The van der Waals surface area contributed by atoms with Crippen molar-refractivity contribution in [3.05, 3.63) is 34.3 Å². The first kappa shape index (κ1) is 13.3. The number of nitrogens with zero attached hydrogens (tertiary/aromatic N) is 1. The van der Waals surface area contributed by atoms with Crippen LogP contribution in [0.2, 0.25) is 5.02 Å². The molecule has 18 heavy (non-hydrogen) atoms. The Morgan fingerprint density at radius 3 is 2.94 bits per heavy atom. The number of hydrogen-bond donors (Lipinski definition) is 1. The van der Waals surface area contributed by atoms with Gasteiger partial charge in [-0.1, -0.05) is 36.0 Å². The van der Waals surface area contributed by atoms with Gasteiger partial charge in [0.05, 0.1) is 6.61 Å². The lowest BCUT2D eigenvalue weighted by Gasteiger charge is -2.27. The Morgan fingerprint density at radius 1 is 1.56 bits per heavy atom. The van der Waals surface area contributed by atoms with Gasteiger partial charge in [0.15, 0.2) is 0 Å². The number of hydrogen-bond acceptors (Lipinski definition) is 3. The van der Waals surface area contributed by atoms with Crippen molar-refractivity contribution in [3.63, 3.8) is 0 Å². The second-order valence-corrected chi connectivity index (χ2v) is 4.89. The quantitative estimate of drug-likeness (QED) is 0.851. The zero-order chi connectivity index (χ0) is 13.1. The minimum atomic E-state index is -0.0178. The van der Waals surface area contributed by atoms with Gasteiger partial charge in [0, 0.05) is 23.7 Å². The highest BCUT2D eigenvalue weighted by Gasteiger charge is 2.19. The van der Waals surface area contributed by atoms with Gasteiger partial charge in [0.2, 0.25) is 5.91 Å². The van der Waals surface area contributed by atoms with E-state index in [1.165, 1.54) is 0 Å². The third-order valence-electron chi connectivity index (χ3n) is 2.78. The molecule has 0 atom stereocenters. The van der Waals surface area contributed by atoms with Gasteiger partial charge in [-0.3, -0.25) is 4.79 Å². The predicted molar refractivity (Wildman–Crippen MR) is 73.6 cm³/mol. The Balaban J connectivity index is 2.14. The molecule has 4 nitrogen and oxygen atoms in total. The fourth-order valence-electron chi connectivity index (χ4n) is 1.75. The summed E-state index contributed by atoms with van der Waals surface area (Å²) in [5.74, 6) is -0.0178. The number of morpholine rings is 1. The predicted octanol–water partition coefficient (Wildman–Crippen LogP) is 1.33. The SMILES string of the molecule is NC(=S)c1ccc(CN2CCOCC2=O)c(Cl)c1. The monoisotopic (exact) mass is 284 g/mol. The molecule has 0 aliphatic carbocycles. The number of benzene rings is 1. The van der Waals surface area contributed by atoms with E-state index in [-0.39, 0.29) is 12.5 Å². The molecule has 0 radical (unpaired) electrons. The maximum Gasteiger partial charge on any atom is 0.248 e. The van der Waals surface area contributed by atoms with E-state index in [0.717, 1.165) is 11.1 Å². The molecule has 2 rings (SSSR count). The Labute approximate surface area is 116 Å². The van der Waals surface area contributed by atoms with Crippen LogP contribution in [0, 0.1) is 0 Å². The van der Waals surface area contributed by atoms with Crippen LogP contribution in [-0.2, 0) is 16.1 Å². The van der Waals surface area contributed by atoms with E-state index in [1.807, 2.05) is 12.1 Å². The summed E-state index contributed by atoms with van der Waals surface area (Å²) in [4.78, 5) is 13.6. The normalized spacial score (nSPS) is 15.8. The number of halogens is 1. The lowest BCUT2D eigenvalue weighted by atomic mass is 10.1. The maximum atomic E-state index is 11.6. The van der Waals surface area contributed by atoms with E-state index in [4.69, 9.17) is 34.3 Å². The molecule has 1 saturated heterocycles. The van der Waals surface area contributed by atoms with Crippen molar-refractivity contribution in [1.82, 2.24) is 4.90 Å². The number of carbonyl (C=O) groups excluding carboxylic acids is 1. The second kappa shape index (κ2) is 5.65. The van der Waals surface area contributed by atoms with Crippen LogP contribution in [0.3, 0.4) is 0 Å². The molecule has 0 saturated carbocycles. The van der Waals surface area contributed by atoms with E-state index in [0.29, 0.717) is 29.7 Å². The molecule has 2 N–H and O–H groups in total. The van der Waals surface area contributed by atoms with Gasteiger partial charge in [0.1, 0.15) is 11.6 Å². The highest BCUT2D eigenvalue weighted by Crippen LogP contribution is 2.20. The maximum absolute atomic E-state index is 11.6. The summed E-state index contributed by atoms with van der Waals surface area (Å²) in [7, 11) is 0. The van der Waals surface area contributed by atoms with Crippen molar-refractivity contribution in [2.45, 2.75) is 6.54 Å². The molecule has 1 aliphatic rings. The summed E-state index contributed by atoms with van der Waals surface area (Å²) in [5, 5.41) is 0.569. The van der Waals surface area contributed by atoms with Crippen LogP contribution in [0.15, 0.2) is 18.2 Å². The smallest absolute Gasteiger partial charge is 0.248 e. The Morgan fingerprint density at radius 2 is 2.33 bits per heavy atom. The Bertz CT molecular complexity index is 493. The molecule has 0 aromatic heterocycles. The second-order valence-electron chi connectivity index (χ2n) is 4.04. The molecule has 1 heterocycles. The molecule has 0 spiro atoms. The van der Waals surface area contributed by atoms with Crippen LogP contribution in [0.5, 0.6) is 0 Å². The molecule has 0 unspecified atom stereocenters. The summed E-state index contributed by atoms with van der Waals surface area (Å²) in [6.45, 7) is 1.78. The summed E-state index contributed by atoms with van der Waals surface area (Å²) in [5.41, 5.74) is 7.14. The summed E-state index contributed by atoms with van der Waals surface area (Å²) in [6, 6.07) is 5.39. The lowest BCUT2D eigenvalue weighted by molar-refractivity contribution is -0.143. The van der Waals surface area contributed by atoms with Crippen molar-refractivity contribution in [1.29, 1.82) is 0 Å². The van der Waals surface area contributed by atoms with Gasteiger partial charge in [-0.2, -0.15) is 0 Å². The number of amides is 1. The minimum Gasteiger partial charge on any atom is -0.389 e. The zero-order valence-electron chi connectivity index (χ0n) is 9.69. The van der Waals surface area contributed by atoms with Crippen molar-refractivity contribution in [2.24, 2.45) is 5.73 Å². The van der Waals surface area contributed by atoms with Gasteiger partial charge in [-0.25, -0.2) is 0 Å². The Kier molecular flexibility index (Phi) is 4.16. The number of rotatable bonds is 3. The molecule has 1 amide bonds. The molecule has 6 heteroatoms. The van der Waals surface area contributed by atoms with Gasteiger partial charge < -0.3 is 15.4 Å². The summed E-state index contributed by atoms with van der Waals surface area (Å²) in [6.07, 6.45) is 0. The molecular formula is C12H13ClN2O2S. The van der Waals surface area contributed by atoms with Crippen LogP contribution in [0.4, 0.5) is 0 Å². The largest absolute Gasteiger partial charge is 0.389 e. The molecule has 1 aromatic carbocycles. The molecule has 1 aliphatic heterocycles. The molecule has 96 valence electrons. The van der Waals surface area contributed by atoms with E-state index in [2.05, 4.69) is 0 Å². The van der Waals surface area contributed by atoms with Crippen LogP contribution >= 0.6 is 23.8 Å². The third-order valence-corrected chi connectivity index (χ3v) is 3.37. The van der Waals surface area contributed by atoms with Gasteiger partial charge >= 0.3 is 0 Å². The fourth-order valence-corrected chi connectivity index (χ4v) is 2.12. The van der Waals surface area contributed by atoms with Crippen molar-refractivity contribution < 1.29 is 9.53 Å². The topological polar surface area (TPSA) is 55.6 Å². The van der Waals surface area contributed by atoms with E-state index >= 15 is 0 Å². The highest BCUT2D eigenvalue weighted by atomic mass is 35.5. The first-order chi connectivity index (χ1) is 8.58. The number of thiocarbonyl (C=S) groups is 1. The first-order valence-corrected chi connectivity index (χ1v) is 6.30. The summed E-state index contributed by atoms with van der Waals surface area (Å²) >= 11 is 11.0. The number of ether oxygens (including phenoxy) is 1. The van der Waals surface area contributed by atoms with Crippen LogP contribution < -0.4 is 5.73 Å². The molecule has 0 bridgehead atoms.